The number of hydrogen-bond donors (Lipinski definition) is 2. The molecule has 3 aliphatic heterocycles. The van der Waals surface area contributed by atoms with Gasteiger partial charge in [-0.2, -0.15) is 0 Å². The van der Waals surface area contributed by atoms with Crippen molar-refractivity contribution < 1.29 is 19.1 Å². The van der Waals surface area contributed by atoms with Crippen LogP contribution in [0.2, 0.25) is 5.02 Å². The zero-order valence-electron chi connectivity index (χ0n) is 21.2. The molecule has 0 spiro atoms. The van der Waals surface area contributed by atoms with Gasteiger partial charge in [0.1, 0.15) is 11.4 Å². The Kier molecular flexibility index (Phi) is 7.68. The molecule has 2 atom stereocenters. The fraction of sp³-hybridized carbons (Fsp3) is 0.680. The number of benzene rings is 1. The second kappa shape index (κ2) is 10.4. The number of nitrogens with one attached hydrogen (secondary N) is 1. The maximum Gasteiger partial charge on any atom is 0.320 e. The monoisotopic (exact) mass is 507 g/mol. The first kappa shape index (κ1) is 25.9. The Balaban J connectivity index is 1.33. The van der Waals surface area contributed by atoms with Crippen LogP contribution in [0.15, 0.2) is 6.07 Å². The van der Waals surface area contributed by atoms with Gasteiger partial charge in [-0.3, -0.25) is 4.79 Å². The fourth-order valence-electron chi connectivity index (χ4n) is 5.35. The van der Waals surface area contributed by atoms with Gasteiger partial charge in [0.05, 0.1) is 28.4 Å². The van der Waals surface area contributed by atoms with Crippen LogP contribution in [0.1, 0.15) is 49.5 Å². The summed E-state index contributed by atoms with van der Waals surface area (Å²) in [5, 5.41) is 3.52. The molecule has 35 heavy (non-hydrogen) atoms. The number of ether oxygens (including phenoxy) is 2. The number of amides is 3. The molecular weight excluding hydrogens is 470 g/mol. The summed E-state index contributed by atoms with van der Waals surface area (Å²) in [6.07, 6.45) is 2.16. The van der Waals surface area contributed by atoms with E-state index in [9.17, 15) is 9.59 Å². The standard InChI is InChI=1S/C25H38ClN5O4/c1-5-30-11-12-31(24(30)33)9-6-8-29-10-7-19(20(15-29)34-4)28-23(32)16-13-18(26)21(27)17-14-25(2,3)35-22(16)17/h13,19-20H,5-12,14-15,27H2,1-4H3,(H,28,32)/t19-,20+/m0/s1. The van der Waals surface area contributed by atoms with Crippen LogP contribution in [-0.2, 0) is 11.2 Å². The normalized spacial score (nSPS) is 24.0. The Morgan fingerprint density at radius 3 is 2.71 bits per heavy atom. The molecule has 4 rings (SSSR count). The lowest BCUT2D eigenvalue weighted by Crippen LogP contribution is -2.55. The van der Waals surface area contributed by atoms with Crippen molar-refractivity contribution in [1.82, 2.24) is 20.0 Å². The van der Waals surface area contributed by atoms with Crippen molar-refractivity contribution >= 4 is 29.2 Å². The molecule has 0 unspecified atom stereocenters. The van der Waals surface area contributed by atoms with Crippen LogP contribution in [0.3, 0.4) is 0 Å². The predicted molar refractivity (Wildman–Crippen MR) is 136 cm³/mol. The van der Waals surface area contributed by atoms with Crippen molar-refractivity contribution in [3.63, 3.8) is 0 Å². The van der Waals surface area contributed by atoms with Gasteiger partial charge in [-0.1, -0.05) is 11.6 Å². The van der Waals surface area contributed by atoms with Crippen LogP contribution in [0.4, 0.5) is 10.5 Å². The maximum absolute atomic E-state index is 13.3. The molecule has 194 valence electrons. The van der Waals surface area contributed by atoms with Gasteiger partial charge >= 0.3 is 6.03 Å². The highest BCUT2D eigenvalue weighted by Crippen LogP contribution is 2.44. The Morgan fingerprint density at radius 1 is 1.29 bits per heavy atom. The number of hydrogen-bond acceptors (Lipinski definition) is 6. The number of urea groups is 1. The summed E-state index contributed by atoms with van der Waals surface area (Å²) in [6.45, 7) is 11.6. The fourth-order valence-corrected chi connectivity index (χ4v) is 5.57. The van der Waals surface area contributed by atoms with E-state index in [1.165, 1.54) is 0 Å². The topological polar surface area (TPSA) is 100 Å². The Labute approximate surface area is 212 Å². The highest BCUT2D eigenvalue weighted by Gasteiger charge is 2.37. The summed E-state index contributed by atoms with van der Waals surface area (Å²) in [5.74, 6) is 0.299. The number of fused-ring (bicyclic) bond motifs is 1. The van der Waals surface area contributed by atoms with Crippen molar-refractivity contribution in [1.29, 1.82) is 0 Å². The number of likely N-dealkylation sites (tertiary alicyclic amines) is 1. The first-order valence-corrected chi connectivity index (χ1v) is 12.9. The minimum Gasteiger partial charge on any atom is -0.486 e. The average Bonchev–Trinajstić information content (AvgIpc) is 3.35. The molecule has 3 heterocycles. The van der Waals surface area contributed by atoms with Gasteiger partial charge in [0.2, 0.25) is 0 Å². The van der Waals surface area contributed by atoms with Gasteiger partial charge in [-0.15, -0.1) is 0 Å². The van der Waals surface area contributed by atoms with Crippen molar-refractivity contribution in [2.24, 2.45) is 0 Å². The smallest absolute Gasteiger partial charge is 0.320 e. The molecular formula is C25H38ClN5O4. The molecule has 2 fully saturated rings. The molecule has 0 aliphatic carbocycles. The largest absolute Gasteiger partial charge is 0.486 e. The lowest BCUT2D eigenvalue weighted by Gasteiger charge is -2.38. The number of piperidine rings is 1. The number of nitrogens with zero attached hydrogens (tertiary/aromatic N) is 3. The van der Waals surface area contributed by atoms with Gasteiger partial charge in [0.15, 0.2) is 0 Å². The maximum atomic E-state index is 13.3. The summed E-state index contributed by atoms with van der Waals surface area (Å²) >= 11 is 6.35. The van der Waals surface area contributed by atoms with Gasteiger partial charge in [-0.05, 0) is 46.2 Å². The lowest BCUT2D eigenvalue weighted by atomic mass is 9.97. The van der Waals surface area contributed by atoms with E-state index in [1.807, 2.05) is 30.6 Å². The minimum absolute atomic E-state index is 0.122. The molecule has 3 amide bonds. The third kappa shape index (κ3) is 5.47. The van der Waals surface area contributed by atoms with Crippen molar-refractivity contribution in [2.75, 3.05) is 58.7 Å². The molecule has 10 heteroatoms. The van der Waals surface area contributed by atoms with Crippen LogP contribution in [0.5, 0.6) is 5.75 Å². The third-order valence-corrected chi connectivity index (χ3v) is 7.64. The van der Waals surface area contributed by atoms with Gasteiger partial charge in [0.25, 0.3) is 5.91 Å². The van der Waals surface area contributed by atoms with E-state index in [0.717, 1.165) is 64.2 Å². The zero-order chi connectivity index (χ0) is 25.3. The van der Waals surface area contributed by atoms with Crippen LogP contribution < -0.4 is 15.8 Å². The summed E-state index contributed by atoms with van der Waals surface area (Å²) in [6, 6.07) is 1.62. The summed E-state index contributed by atoms with van der Waals surface area (Å²) < 4.78 is 11.8. The van der Waals surface area contributed by atoms with E-state index in [1.54, 1.807) is 13.2 Å². The van der Waals surface area contributed by atoms with Gasteiger partial charge in [0, 0.05) is 58.4 Å². The number of likely N-dealkylation sites (N-methyl/N-ethyl adjacent to an activating group) is 1. The van der Waals surface area contributed by atoms with Gasteiger partial charge < -0.3 is 35.2 Å². The van der Waals surface area contributed by atoms with E-state index in [4.69, 9.17) is 26.8 Å². The van der Waals surface area contributed by atoms with E-state index in [2.05, 4.69) is 10.2 Å². The second-order valence-electron chi connectivity index (χ2n) is 10.3. The number of nitrogen functional groups attached to an aromatic ring is 1. The minimum atomic E-state index is -0.439. The molecule has 3 N–H and O–H groups in total. The molecule has 1 aromatic rings. The molecule has 3 aliphatic rings. The molecule has 2 saturated heterocycles. The number of nitrogens with two attached hydrogens (primary N) is 1. The average molecular weight is 508 g/mol. The van der Waals surface area contributed by atoms with E-state index in [-0.39, 0.29) is 24.1 Å². The Bertz CT molecular complexity index is 972. The highest BCUT2D eigenvalue weighted by atomic mass is 35.5. The number of carbonyl (C=O) groups is 2. The summed E-state index contributed by atoms with van der Waals surface area (Å²) in [7, 11) is 1.68. The zero-order valence-corrected chi connectivity index (χ0v) is 22.0. The lowest BCUT2D eigenvalue weighted by molar-refractivity contribution is 0.00572. The molecule has 0 radical (unpaired) electrons. The van der Waals surface area contributed by atoms with Crippen LogP contribution in [0, 0.1) is 0 Å². The number of rotatable bonds is 8. The highest BCUT2D eigenvalue weighted by molar-refractivity contribution is 6.33. The molecule has 0 aromatic heterocycles. The Morgan fingerprint density at radius 2 is 2.03 bits per heavy atom. The van der Waals surface area contributed by atoms with Crippen LogP contribution in [0.25, 0.3) is 0 Å². The molecule has 1 aromatic carbocycles. The van der Waals surface area contributed by atoms with Gasteiger partial charge in [-0.25, -0.2) is 4.79 Å². The quantitative estimate of drug-likeness (QED) is 0.525. The Hall–Kier alpha value is -2.23. The first-order chi connectivity index (χ1) is 16.6. The van der Waals surface area contributed by atoms with E-state index >= 15 is 0 Å². The number of anilines is 1. The van der Waals surface area contributed by atoms with Crippen LogP contribution in [-0.4, -0.2) is 97.3 Å². The molecule has 0 saturated carbocycles. The summed E-state index contributed by atoms with van der Waals surface area (Å²) in [5.41, 5.74) is 7.42. The van der Waals surface area contributed by atoms with Crippen molar-refractivity contribution in [3.05, 3.63) is 22.2 Å². The second-order valence-corrected chi connectivity index (χ2v) is 10.7. The summed E-state index contributed by atoms with van der Waals surface area (Å²) in [4.78, 5) is 31.7. The number of carbonyl (C=O) groups excluding carboxylic acids is 2. The molecule has 9 nitrogen and oxygen atoms in total. The predicted octanol–water partition coefficient (Wildman–Crippen LogP) is 2.60. The first-order valence-electron chi connectivity index (χ1n) is 12.5. The van der Waals surface area contributed by atoms with E-state index in [0.29, 0.717) is 28.4 Å². The van der Waals surface area contributed by atoms with Crippen molar-refractivity contribution in [3.8, 4) is 5.75 Å². The third-order valence-electron chi connectivity index (χ3n) is 7.33. The van der Waals surface area contributed by atoms with E-state index < -0.39 is 5.60 Å². The number of halogens is 1. The SMILES string of the molecule is CCN1CCN(CCCN2CC[C@H](NC(=O)c3cc(Cl)c(N)c4c3OC(C)(C)C4)[C@H](OC)C2)C1=O. The van der Waals surface area contributed by atoms with Crippen molar-refractivity contribution in [2.45, 2.75) is 57.8 Å². The van der Waals surface area contributed by atoms with Crippen LogP contribution >= 0.6 is 11.6 Å². The number of methoxy groups -OCH3 is 1. The molecule has 0 bridgehead atoms.